The molecule has 1 aliphatic rings. The largest absolute Gasteiger partial charge is 0.462 e. The van der Waals surface area contributed by atoms with Gasteiger partial charge >= 0.3 is 5.97 Å². The monoisotopic (exact) mass is 339 g/mol. The topological polar surface area (TPSA) is 29.5 Å². The van der Waals surface area contributed by atoms with Crippen LogP contribution in [0.15, 0.2) is 22.7 Å². The zero-order chi connectivity index (χ0) is 14.5. The lowest BCUT2D eigenvalue weighted by atomic mass is 9.98. The molecule has 1 aliphatic heterocycles. The van der Waals surface area contributed by atoms with Crippen LogP contribution in [-0.4, -0.2) is 30.6 Å². The lowest BCUT2D eigenvalue weighted by Crippen LogP contribution is -2.32. The fraction of sp³-hybridized carbons (Fsp3) is 0.562. The van der Waals surface area contributed by atoms with Gasteiger partial charge in [-0.3, -0.25) is 4.90 Å². The molecule has 1 heterocycles. The van der Waals surface area contributed by atoms with Crippen LogP contribution >= 0.6 is 15.9 Å². The molecule has 1 aromatic carbocycles. The predicted molar refractivity (Wildman–Crippen MR) is 83.8 cm³/mol. The van der Waals surface area contributed by atoms with Gasteiger partial charge in [0.25, 0.3) is 0 Å². The first-order valence-electron chi connectivity index (χ1n) is 7.27. The van der Waals surface area contributed by atoms with E-state index >= 15 is 0 Å². The van der Waals surface area contributed by atoms with Crippen LogP contribution in [0.3, 0.4) is 0 Å². The number of piperidine rings is 1. The van der Waals surface area contributed by atoms with Crippen LogP contribution in [0.2, 0.25) is 0 Å². The van der Waals surface area contributed by atoms with Crippen LogP contribution in [0, 0.1) is 5.92 Å². The lowest BCUT2D eigenvalue weighted by molar-refractivity contribution is 0.0526. The van der Waals surface area contributed by atoms with Gasteiger partial charge in [0.05, 0.1) is 12.2 Å². The number of likely N-dealkylation sites (tertiary alicyclic amines) is 1. The molecule has 0 saturated carbocycles. The Kier molecular flexibility index (Phi) is 5.61. The molecule has 2 rings (SSSR count). The van der Waals surface area contributed by atoms with E-state index in [0.29, 0.717) is 12.2 Å². The van der Waals surface area contributed by atoms with Gasteiger partial charge < -0.3 is 4.74 Å². The molecular weight excluding hydrogens is 318 g/mol. The number of benzene rings is 1. The molecule has 0 bridgehead atoms. The van der Waals surface area contributed by atoms with Crippen molar-refractivity contribution in [3.63, 3.8) is 0 Å². The molecule has 0 aromatic heterocycles. The second-order valence-corrected chi connectivity index (χ2v) is 6.44. The maximum Gasteiger partial charge on any atom is 0.338 e. The van der Waals surface area contributed by atoms with E-state index in [0.717, 1.165) is 35.6 Å². The normalized spacial score (nSPS) is 17.1. The Morgan fingerprint density at radius 3 is 2.70 bits per heavy atom. The third kappa shape index (κ3) is 4.32. The summed E-state index contributed by atoms with van der Waals surface area (Å²) in [5, 5.41) is 0. The van der Waals surface area contributed by atoms with Crippen LogP contribution in [0.4, 0.5) is 0 Å². The average molecular weight is 340 g/mol. The molecule has 0 radical (unpaired) electrons. The van der Waals surface area contributed by atoms with Gasteiger partial charge in [0.15, 0.2) is 0 Å². The van der Waals surface area contributed by atoms with Gasteiger partial charge in [-0.05, 0) is 62.5 Å². The first-order valence-corrected chi connectivity index (χ1v) is 8.06. The van der Waals surface area contributed by atoms with Crippen molar-refractivity contribution in [3.8, 4) is 0 Å². The van der Waals surface area contributed by atoms with Crippen LogP contribution in [0.5, 0.6) is 0 Å². The number of carbonyl (C=O) groups is 1. The van der Waals surface area contributed by atoms with Crippen LogP contribution < -0.4 is 0 Å². The SMILES string of the molecule is CCOC(=O)c1cc(Br)cc(CN2CCC(C)CC2)c1. The molecule has 0 N–H and O–H groups in total. The first-order chi connectivity index (χ1) is 9.58. The summed E-state index contributed by atoms with van der Waals surface area (Å²) in [4.78, 5) is 14.3. The van der Waals surface area contributed by atoms with Gasteiger partial charge in [-0.15, -0.1) is 0 Å². The van der Waals surface area contributed by atoms with Crippen molar-refractivity contribution in [1.29, 1.82) is 0 Å². The minimum absolute atomic E-state index is 0.248. The van der Waals surface area contributed by atoms with E-state index in [9.17, 15) is 4.79 Å². The Labute approximate surface area is 129 Å². The van der Waals surface area contributed by atoms with Crippen molar-refractivity contribution in [2.45, 2.75) is 33.2 Å². The summed E-state index contributed by atoms with van der Waals surface area (Å²) >= 11 is 3.48. The summed E-state index contributed by atoms with van der Waals surface area (Å²) in [7, 11) is 0. The maximum atomic E-state index is 11.8. The number of hydrogen-bond acceptors (Lipinski definition) is 3. The van der Waals surface area contributed by atoms with Crippen LogP contribution in [0.1, 0.15) is 42.6 Å². The number of hydrogen-bond donors (Lipinski definition) is 0. The third-order valence-corrected chi connectivity index (χ3v) is 4.21. The van der Waals surface area contributed by atoms with E-state index in [1.165, 1.54) is 12.8 Å². The molecule has 20 heavy (non-hydrogen) atoms. The molecule has 0 spiro atoms. The molecule has 1 aromatic rings. The Hall–Kier alpha value is -0.870. The van der Waals surface area contributed by atoms with E-state index in [1.807, 2.05) is 19.1 Å². The van der Waals surface area contributed by atoms with Gasteiger partial charge in [0, 0.05) is 11.0 Å². The van der Waals surface area contributed by atoms with Crippen molar-refractivity contribution in [3.05, 3.63) is 33.8 Å². The summed E-state index contributed by atoms with van der Waals surface area (Å²) < 4.78 is 6.00. The van der Waals surface area contributed by atoms with E-state index in [-0.39, 0.29) is 5.97 Å². The van der Waals surface area contributed by atoms with Crippen molar-refractivity contribution >= 4 is 21.9 Å². The standard InChI is InChI=1S/C16H22BrNO2/c1-3-20-16(19)14-8-13(9-15(17)10-14)11-18-6-4-12(2)5-7-18/h8-10,12H,3-7,11H2,1-2H3. The second-order valence-electron chi connectivity index (χ2n) is 5.53. The lowest BCUT2D eigenvalue weighted by Gasteiger charge is -2.30. The Balaban J connectivity index is 2.06. The molecule has 1 fully saturated rings. The number of nitrogens with zero attached hydrogens (tertiary/aromatic N) is 1. The second kappa shape index (κ2) is 7.23. The molecule has 3 nitrogen and oxygen atoms in total. The molecule has 1 saturated heterocycles. The molecule has 110 valence electrons. The quantitative estimate of drug-likeness (QED) is 0.780. The number of halogens is 1. The molecule has 4 heteroatoms. The number of carbonyl (C=O) groups excluding carboxylic acids is 1. The van der Waals surface area contributed by atoms with Crippen molar-refractivity contribution in [2.75, 3.05) is 19.7 Å². The summed E-state index contributed by atoms with van der Waals surface area (Å²) in [6.45, 7) is 7.73. The smallest absolute Gasteiger partial charge is 0.338 e. The highest BCUT2D eigenvalue weighted by molar-refractivity contribution is 9.10. The Morgan fingerprint density at radius 1 is 1.35 bits per heavy atom. The molecular formula is C16H22BrNO2. The van der Waals surface area contributed by atoms with E-state index in [2.05, 4.69) is 33.8 Å². The molecule has 0 aliphatic carbocycles. The highest BCUT2D eigenvalue weighted by atomic mass is 79.9. The summed E-state index contributed by atoms with van der Waals surface area (Å²) in [5.41, 5.74) is 1.79. The Bertz CT molecular complexity index is 468. The number of esters is 1. The molecule has 0 amide bonds. The van der Waals surface area contributed by atoms with Gasteiger partial charge in [-0.1, -0.05) is 22.9 Å². The van der Waals surface area contributed by atoms with E-state index in [4.69, 9.17) is 4.74 Å². The minimum atomic E-state index is -0.248. The van der Waals surface area contributed by atoms with Crippen LogP contribution in [-0.2, 0) is 11.3 Å². The van der Waals surface area contributed by atoms with Crippen molar-refractivity contribution < 1.29 is 9.53 Å². The fourth-order valence-corrected chi connectivity index (χ4v) is 3.09. The van der Waals surface area contributed by atoms with Crippen molar-refractivity contribution in [1.82, 2.24) is 4.90 Å². The van der Waals surface area contributed by atoms with Gasteiger partial charge in [-0.2, -0.15) is 0 Å². The van der Waals surface area contributed by atoms with Gasteiger partial charge in [-0.25, -0.2) is 4.79 Å². The van der Waals surface area contributed by atoms with Gasteiger partial charge in [0.2, 0.25) is 0 Å². The average Bonchev–Trinajstić information content (AvgIpc) is 2.41. The van der Waals surface area contributed by atoms with Gasteiger partial charge in [0.1, 0.15) is 0 Å². The zero-order valence-electron chi connectivity index (χ0n) is 12.2. The summed E-state index contributed by atoms with van der Waals surface area (Å²) in [6.07, 6.45) is 2.53. The zero-order valence-corrected chi connectivity index (χ0v) is 13.8. The van der Waals surface area contributed by atoms with Crippen LogP contribution in [0.25, 0.3) is 0 Å². The summed E-state index contributed by atoms with van der Waals surface area (Å²) in [6, 6.07) is 5.85. The van der Waals surface area contributed by atoms with Crippen molar-refractivity contribution in [2.24, 2.45) is 5.92 Å². The Morgan fingerprint density at radius 2 is 2.05 bits per heavy atom. The maximum absolute atomic E-state index is 11.8. The predicted octanol–water partition coefficient (Wildman–Crippen LogP) is 3.86. The highest BCUT2D eigenvalue weighted by Gasteiger charge is 2.17. The molecule has 0 unspecified atom stereocenters. The number of ether oxygens (including phenoxy) is 1. The first kappa shape index (κ1) is 15.5. The molecule has 0 atom stereocenters. The van der Waals surface area contributed by atoms with E-state index in [1.54, 1.807) is 0 Å². The number of rotatable bonds is 4. The fourth-order valence-electron chi connectivity index (χ4n) is 2.55. The summed E-state index contributed by atoms with van der Waals surface area (Å²) in [5.74, 6) is 0.589. The minimum Gasteiger partial charge on any atom is -0.462 e. The van der Waals surface area contributed by atoms with E-state index < -0.39 is 0 Å². The highest BCUT2D eigenvalue weighted by Crippen LogP contribution is 2.21. The third-order valence-electron chi connectivity index (χ3n) is 3.75.